The van der Waals surface area contributed by atoms with E-state index in [1.807, 2.05) is 0 Å². The maximum Gasteiger partial charge on any atom is 0.217 e. The highest BCUT2D eigenvalue weighted by Gasteiger charge is 2.27. The first-order chi connectivity index (χ1) is 7.20. The highest BCUT2D eigenvalue weighted by atomic mass is 32.2. The SMILES string of the molecule is NS(=O)(=O)CC(c1ccccc1)S(N)(=O)=O. The van der Waals surface area contributed by atoms with Crippen LogP contribution >= 0.6 is 0 Å². The predicted octanol–water partition coefficient (Wildman–Crippen LogP) is -0.695. The van der Waals surface area contributed by atoms with Gasteiger partial charge in [-0.15, -0.1) is 0 Å². The molecule has 8 heteroatoms. The zero-order valence-corrected chi connectivity index (χ0v) is 9.91. The molecule has 0 radical (unpaired) electrons. The molecule has 0 heterocycles. The zero-order valence-electron chi connectivity index (χ0n) is 8.28. The van der Waals surface area contributed by atoms with Crippen LogP contribution in [0.15, 0.2) is 30.3 Å². The van der Waals surface area contributed by atoms with Crippen molar-refractivity contribution < 1.29 is 16.8 Å². The molecule has 0 saturated heterocycles. The summed E-state index contributed by atoms with van der Waals surface area (Å²) in [6, 6.07) is 7.84. The van der Waals surface area contributed by atoms with Crippen molar-refractivity contribution in [3.8, 4) is 0 Å². The van der Waals surface area contributed by atoms with Gasteiger partial charge in [0.05, 0.1) is 5.75 Å². The second-order valence-corrected chi connectivity index (χ2v) is 6.72. The fourth-order valence-corrected chi connectivity index (χ4v) is 3.74. The van der Waals surface area contributed by atoms with Gasteiger partial charge in [-0.2, -0.15) is 0 Å². The Morgan fingerprint density at radius 3 is 1.88 bits per heavy atom. The van der Waals surface area contributed by atoms with E-state index < -0.39 is 31.0 Å². The Morgan fingerprint density at radius 2 is 1.50 bits per heavy atom. The van der Waals surface area contributed by atoms with E-state index in [1.54, 1.807) is 18.2 Å². The van der Waals surface area contributed by atoms with Crippen molar-refractivity contribution in [2.24, 2.45) is 10.3 Å². The molecule has 1 atom stereocenters. The molecule has 0 fully saturated rings. The Morgan fingerprint density at radius 1 is 1.00 bits per heavy atom. The van der Waals surface area contributed by atoms with Crippen molar-refractivity contribution in [3.63, 3.8) is 0 Å². The Hall–Kier alpha value is -0.960. The summed E-state index contributed by atoms with van der Waals surface area (Å²) < 4.78 is 44.4. The minimum atomic E-state index is -4.01. The molecule has 0 saturated carbocycles. The quantitative estimate of drug-likeness (QED) is 0.747. The molecular weight excluding hydrogens is 252 g/mol. The van der Waals surface area contributed by atoms with Crippen LogP contribution in [0.25, 0.3) is 0 Å². The van der Waals surface area contributed by atoms with E-state index in [0.29, 0.717) is 5.56 Å². The normalized spacial score (nSPS) is 14.6. The van der Waals surface area contributed by atoms with Crippen molar-refractivity contribution >= 4 is 20.0 Å². The maximum atomic E-state index is 11.3. The van der Waals surface area contributed by atoms with Crippen molar-refractivity contribution in [2.45, 2.75) is 5.25 Å². The van der Waals surface area contributed by atoms with Gasteiger partial charge in [0.15, 0.2) is 0 Å². The van der Waals surface area contributed by atoms with Gasteiger partial charge in [0.2, 0.25) is 20.0 Å². The van der Waals surface area contributed by atoms with E-state index in [-0.39, 0.29) is 0 Å². The van der Waals surface area contributed by atoms with Crippen LogP contribution in [-0.2, 0) is 20.0 Å². The standard InChI is InChI=1S/C8H12N2O4S2/c9-15(11,12)6-8(16(10,13)14)7-4-2-1-3-5-7/h1-5,8H,6H2,(H2,9,11,12)(H2,10,13,14). The minimum absolute atomic E-state index is 0.305. The third-order valence-corrected chi connectivity index (χ3v) is 4.19. The average molecular weight is 264 g/mol. The summed E-state index contributed by atoms with van der Waals surface area (Å²) in [4.78, 5) is 0. The highest BCUT2D eigenvalue weighted by molar-refractivity contribution is 7.93. The summed E-state index contributed by atoms with van der Waals surface area (Å²) >= 11 is 0. The molecule has 0 amide bonds. The molecule has 0 aliphatic heterocycles. The summed E-state index contributed by atoms with van der Waals surface area (Å²) in [7, 11) is -7.92. The lowest BCUT2D eigenvalue weighted by molar-refractivity contribution is 0.577. The van der Waals surface area contributed by atoms with Crippen molar-refractivity contribution in [3.05, 3.63) is 35.9 Å². The average Bonchev–Trinajstić information content (AvgIpc) is 2.13. The molecule has 1 aromatic rings. The van der Waals surface area contributed by atoms with Crippen molar-refractivity contribution in [2.75, 3.05) is 5.75 Å². The third-order valence-electron chi connectivity index (χ3n) is 1.95. The summed E-state index contributed by atoms with van der Waals surface area (Å²) in [6.45, 7) is 0. The first-order valence-corrected chi connectivity index (χ1v) is 7.59. The number of hydrogen-bond donors (Lipinski definition) is 2. The van der Waals surface area contributed by atoms with Gasteiger partial charge in [-0.25, -0.2) is 27.1 Å². The summed E-state index contributed by atoms with van der Waals surface area (Å²) in [5.41, 5.74) is 0.305. The van der Waals surface area contributed by atoms with Gasteiger partial charge in [0, 0.05) is 0 Å². The van der Waals surface area contributed by atoms with Crippen LogP contribution < -0.4 is 10.3 Å². The molecule has 0 spiro atoms. The van der Waals surface area contributed by atoms with Gasteiger partial charge >= 0.3 is 0 Å². The van der Waals surface area contributed by atoms with E-state index in [1.165, 1.54) is 12.1 Å². The summed E-state index contributed by atoms with van der Waals surface area (Å²) in [6.07, 6.45) is 0. The van der Waals surface area contributed by atoms with E-state index in [9.17, 15) is 16.8 Å². The topological polar surface area (TPSA) is 120 Å². The maximum absolute atomic E-state index is 11.3. The first kappa shape index (κ1) is 13.1. The smallest absolute Gasteiger partial charge is 0.217 e. The van der Waals surface area contributed by atoms with Crippen LogP contribution in [0.3, 0.4) is 0 Å². The first-order valence-electron chi connectivity index (χ1n) is 4.27. The Kier molecular flexibility index (Phi) is 3.68. The van der Waals surface area contributed by atoms with E-state index in [2.05, 4.69) is 0 Å². The minimum Gasteiger partial charge on any atom is -0.229 e. The fourth-order valence-electron chi connectivity index (χ4n) is 1.26. The van der Waals surface area contributed by atoms with Crippen LogP contribution in [0.4, 0.5) is 0 Å². The molecule has 0 aromatic heterocycles. The third kappa shape index (κ3) is 3.89. The molecule has 4 N–H and O–H groups in total. The molecule has 1 unspecified atom stereocenters. The monoisotopic (exact) mass is 264 g/mol. The van der Waals surface area contributed by atoms with E-state index in [4.69, 9.17) is 10.3 Å². The molecule has 16 heavy (non-hydrogen) atoms. The molecule has 90 valence electrons. The molecule has 0 bridgehead atoms. The van der Waals surface area contributed by atoms with Gasteiger partial charge in [-0.05, 0) is 5.56 Å². The summed E-state index contributed by atoms with van der Waals surface area (Å²) in [5.74, 6) is -0.726. The zero-order chi connectivity index (χ0) is 12.4. The predicted molar refractivity (Wildman–Crippen MR) is 60.3 cm³/mol. The number of rotatable bonds is 4. The van der Waals surface area contributed by atoms with Crippen molar-refractivity contribution in [1.29, 1.82) is 0 Å². The number of nitrogens with two attached hydrogens (primary N) is 2. The lowest BCUT2D eigenvalue weighted by Gasteiger charge is -2.13. The highest BCUT2D eigenvalue weighted by Crippen LogP contribution is 2.20. The molecule has 0 aliphatic carbocycles. The van der Waals surface area contributed by atoms with Crippen LogP contribution in [0.1, 0.15) is 10.8 Å². The number of benzene rings is 1. The van der Waals surface area contributed by atoms with Gasteiger partial charge in [-0.3, -0.25) is 0 Å². The lowest BCUT2D eigenvalue weighted by atomic mass is 10.2. The van der Waals surface area contributed by atoms with Gasteiger partial charge in [0.1, 0.15) is 5.25 Å². The fraction of sp³-hybridized carbons (Fsp3) is 0.250. The van der Waals surface area contributed by atoms with E-state index >= 15 is 0 Å². The number of primary sulfonamides is 2. The molecular formula is C8H12N2O4S2. The van der Waals surface area contributed by atoms with Crippen LogP contribution in [-0.4, -0.2) is 22.6 Å². The summed E-state index contributed by atoms with van der Waals surface area (Å²) in [5, 5.41) is 8.46. The van der Waals surface area contributed by atoms with E-state index in [0.717, 1.165) is 0 Å². The number of hydrogen-bond acceptors (Lipinski definition) is 4. The largest absolute Gasteiger partial charge is 0.229 e. The van der Waals surface area contributed by atoms with Crippen molar-refractivity contribution in [1.82, 2.24) is 0 Å². The Labute approximate surface area is 94.4 Å². The number of sulfonamides is 2. The lowest BCUT2D eigenvalue weighted by Crippen LogP contribution is -2.30. The second kappa shape index (κ2) is 4.50. The Balaban J connectivity index is 3.19. The second-order valence-electron chi connectivity index (χ2n) is 3.32. The Bertz CT molecular complexity index is 551. The molecule has 0 aliphatic rings. The van der Waals surface area contributed by atoms with Crippen LogP contribution in [0.5, 0.6) is 0 Å². The molecule has 6 nitrogen and oxygen atoms in total. The van der Waals surface area contributed by atoms with Gasteiger partial charge in [0.25, 0.3) is 0 Å². The van der Waals surface area contributed by atoms with Crippen LogP contribution in [0.2, 0.25) is 0 Å². The van der Waals surface area contributed by atoms with Crippen LogP contribution in [0, 0.1) is 0 Å². The molecule has 1 rings (SSSR count). The molecule has 1 aromatic carbocycles. The van der Waals surface area contributed by atoms with Gasteiger partial charge < -0.3 is 0 Å². The van der Waals surface area contributed by atoms with Gasteiger partial charge in [-0.1, -0.05) is 30.3 Å².